The number of ether oxygens (including phenoxy) is 1. The Balaban J connectivity index is 1.38. The molecule has 1 amide bonds. The highest BCUT2D eigenvalue weighted by atomic mass is 32.1. The first-order chi connectivity index (χ1) is 15.8. The van der Waals surface area contributed by atoms with Crippen LogP contribution in [0.2, 0.25) is 0 Å². The lowest BCUT2D eigenvalue weighted by atomic mass is 10.2. The molecule has 9 heteroatoms. The van der Waals surface area contributed by atoms with E-state index in [-0.39, 0.29) is 11.7 Å². The number of hydrogen-bond acceptors (Lipinski definition) is 7. The molecular formula is C23H22N6O2S. The second kappa shape index (κ2) is 9.29. The summed E-state index contributed by atoms with van der Waals surface area (Å²) in [5.74, 6) is 1.33. The third-order valence-electron chi connectivity index (χ3n) is 5.17. The molecule has 1 saturated heterocycles. The molecule has 1 aromatic carbocycles. The van der Waals surface area contributed by atoms with Crippen molar-refractivity contribution in [1.29, 1.82) is 0 Å². The van der Waals surface area contributed by atoms with Gasteiger partial charge in [0, 0.05) is 31.4 Å². The minimum absolute atomic E-state index is 0.133. The average molecular weight is 447 g/mol. The molecule has 0 atom stereocenters. The topological polar surface area (TPSA) is 85.2 Å². The molecule has 0 unspecified atom stereocenters. The lowest BCUT2D eigenvalue weighted by molar-refractivity contribution is 0.0940. The summed E-state index contributed by atoms with van der Waals surface area (Å²) < 4.78 is 7.15. The first-order valence-electron chi connectivity index (χ1n) is 10.4. The van der Waals surface area contributed by atoms with E-state index >= 15 is 0 Å². The normalized spacial score (nSPS) is 13.8. The summed E-state index contributed by atoms with van der Waals surface area (Å²) in [4.78, 5) is 25.2. The zero-order valence-electron chi connectivity index (χ0n) is 17.3. The number of pyridine rings is 1. The SMILES string of the molecule is O=C(NCc1cccnc1N1CCOCC1)c1nc(-c2cccs2)n(-c2ccccc2)n1. The van der Waals surface area contributed by atoms with Gasteiger partial charge in [0.05, 0.1) is 23.8 Å². The molecule has 4 heterocycles. The van der Waals surface area contributed by atoms with Gasteiger partial charge in [0.2, 0.25) is 5.82 Å². The Morgan fingerprint density at radius 3 is 2.69 bits per heavy atom. The second-order valence-electron chi connectivity index (χ2n) is 7.25. The van der Waals surface area contributed by atoms with Crippen LogP contribution in [0.5, 0.6) is 0 Å². The van der Waals surface area contributed by atoms with Gasteiger partial charge in [-0.1, -0.05) is 30.3 Å². The van der Waals surface area contributed by atoms with E-state index < -0.39 is 0 Å². The van der Waals surface area contributed by atoms with E-state index in [0.29, 0.717) is 25.6 Å². The zero-order valence-corrected chi connectivity index (χ0v) is 18.2. The molecule has 3 aromatic heterocycles. The van der Waals surface area contributed by atoms with Crippen molar-refractivity contribution < 1.29 is 9.53 Å². The maximum Gasteiger partial charge on any atom is 0.291 e. The van der Waals surface area contributed by atoms with Gasteiger partial charge in [-0.25, -0.2) is 14.6 Å². The van der Waals surface area contributed by atoms with Crippen molar-refractivity contribution in [3.63, 3.8) is 0 Å². The molecule has 5 rings (SSSR count). The number of amides is 1. The molecule has 0 saturated carbocycles. The number of aromatic nitrogens is 4. The highest BCUT2D eigenvalue weighted by Gasteiger charge is 2.21. The van der Waals surface area contributed by atoms with Crippen molar-refractivity contribution in [1.82, 2.24) is 25.1 Å². The molecule has 0 radical (unpaired) electrons. The zero-order chi connectivity index (χ0) is 21.8. The standard InChI is InChI=1S/C23H22N6O2S/c30-23(25-16-17-6-4-10-24-21(17)28-11-13-31-14-12-28)20-26-22(19-9-5-15-32-19)29(27-20)18-7-2-1-3-8-18/h1-10,15H,11-14,16H2,(H,25,30). The molecule has 0 aliphatic carbocycles. The van der Waals surface area contributed by atoms with Gasteiger partial charge in [-0.15, -0.1) is 16.4 Å². The minimum atomic E-state index is -0.325. The maximum absolute atomic E-state index is 13.0. The molecular weight excluding hydrogens is 424 g/mol. The van der Waals surface area contributed by atoms with Gasteiger partial charge in [0.1, 0.15) is 5.82 Å². The lowest BCUT2D eigenvalue weighted by Gasteiger charge is -2.29. The number of nitrogens with zero attached hydrogens (tertiary/aromatic N) is 5. The number of benzene rings is 1. The van der Waals surface area contributed by atoms with Crippen molar-refractivity contribution in [2.75, 3.05) is 31.2 Å². The van der Waals surface area contributed by atoms with E-state index in [1.54, 1.807) is 22.2 Å². The fourth-order valence-electron chi connectivity index (χ4n) is 3.61. The molecule has 0 bridgehead atoms. The van der Waals surface area contributed by atoms with E-state index in [0.717, 1.165) is 35.0 Å². The average Bonchev–Trinajstić information content (AvgIpc) is 3.54. The highest BCUT2D eigenvalue weighted by Crippen LogP contribution is 2.25. The van der Waals surface area contributed by atoms with Gasteiger partial charge in [-0.2, -0.15) is 0 Å². The number of carbonyl (C=O) groups excluding carboxylic acids is 1. The predicted octanol–water partition coefficient (Wildman–Crippen LogP) is 3.16. The molecule has 1 aliphatic rings. The van der Waals surface area contributed by atoms with Crippen molar-refractivity contribution in [3.8, 4) is 16.4 Å². The van der Waals surface area contributed by atoms with Gasteiger partial charge in [0.25, 0.3) is 5.91 Å². The Kier molecular flexibility index (Phi) is 5.91. The van der Waals surface area contributed by atoms with Crippen molar-refractivity contribution in [3.05, 3.63) is 77.6 Å². The van der Waals surface area contributed by atoms with Crippen LogP contribution < -0.4 is 10.2 Å². The summed E-state index contributed by atoms with van der Waals surface area (Å²) >= 11 is 1.56. The molecule has 0 spiro atoms. The first kappa shape index (κ1) is 20.3. The fourth-order valence-corrected chi connectivity index (χ4v) is 4.30. The third-order valence-corrected chi connectivity index (χ3v) is 6.04. The fraction of sp³-hybridized carbons (Fsp3) is 0.217. The first-order valence-corrected chi connectivity index (χ1v) is 11.3. The van der Waals surface area contributed by atoms with E-state index in [1.807, 2.05) is 60.0 Å². The Bertz CT molecular complexity index is 1190. The molecule has 4 aromatic rings. The van der Waals surface area contributed by atoms with Crippen LogP contribution in [0.4, 0.5) is 5.82 Å². The smallest absolute Gasteiger partial charge is 0.291 e. The van der Waals surface area contributed by atoms with Crippen LogP contribution in [0.1, 0.15) is 16.2 Å². The number of anilines is 1. The van der Waals surface area contributed by atoms with Crippen LogP contribution in [0.15, 0.2) is 66.2 Å². The van der Waals surface area contributed by atoms with E-state index in [1.165, 1.54) is 0 Å². The molecule has 1 aliphatic heterocycles. The maximum atomic E-state index is 13.0. The molecule has 162 valence electrons. The Morgan fingerprint density at radius 1 is 1.06 bits per heavy atom. The van der Waals surface area contributed by atoms with Gasteiger partial charge in [0.15, 0.2) is 5.82 Å². The second-order valence-corrected chi connectivity index (χ2v) is 8.20. The van der Waals surface area contributed by atoms with Crippen LogP contribution >= 0.6 is 11.3 Å². The van der Waals surface area contributed by atoms with E-state index in [4.69, 9.17) is 4.74 Å². The van der Waals surface area contributed by atoms with Crippen molar-refractivity contribution in [2.24, 2.45) is 0 Å². The molecule has 8 nitrogen and oxygen atoms in total. The van der Waals surface area contributed by atoms with Crippen LogP contribution in [-0.4, -0.2) is 52.0 Å². The summed E-state index contributed by atoms with van der Waals surface area (Å²) in [5.41, 5.74) is 1.80. The van der Waals surface area contributed by atoms with Gasteiger partial charge < -0.3 is 15.0 Å². The predicted molar refractivity (Wildman–Crippen MR) is 123 cm³/mol. The Morgan fingerprint density at radius 2 is 1.91 bits per heavy atom. The van der Waals surface area contributed by atoms with Crippen molar-refractivity contribution >= 4 is 23.1 Å². The highest BCUT2D eigenvalue weighted by molar-refractivity contribution is 7.13. The summed E-state index contributed by atoms with van der Waals surface area (Å²) in [5, 5.41) is 9.46. The van der Waals surface area contributed by atoms with Crippen molar-refractivity contribution in [2.45, 2.75) is 6.54 Å². The third kappa shape index (κ3) is 4.25. The van der Waals surface area contributed by atoms with Gasteiger partial charge >= 0.3 is 0 Å². The van der Waals surface area contributed by atoms with Crippen LogP contribution in [-0.2, 0) is 11.3 Å². The molecule has 1 N–H and O–H groups in total. The number of morpholine rings is 1. The number of para-hydroxylation sites is 1. The van der Waals surface area contributed by atoms with Crippen LogP contribution in [0, 0.1) is 0 Å². The summed E-state index contributed by atoms with van der Waals surface area (Å²) in [6.45, 7) is 3.26. The van der Waals surface area contributed by atoms with E-state index in [2.05, 4.69) is 25.3 Å². The molecule has 1 fully saturated rings. The summed E-state index contributed by atoms with van der Waals surface area (Å²) in [7, 11) is 0. The monoisotopic (exact) mass is 446 g/mol. The quantitative estimate of drug-likeness (QED) is 0.490. The Labute approximate surface area is 189 Å². The van der Waals surface area contributed by atoms with Gasteiger partial charge in [-0.05, 0) is 29.6 Å². The minimum Gasteiger partial charge on any atom is -0.378 e. The Hall–Kier alpha value is -3.56. The largest absolute Gasteiger partial charge is 0.378 e. The number of nitrogens with one attached hydrogen (secondary N) is 1. The lowest BCUT2D eigenvalue weighted by Crippen LogP contribution is -2.38. The number of carbonyl (C=O) groups is 1. The number of hydrogen-bond donors (Lipinski definition) is 1. The van der Waals surface area contributed by atoms with Crippen LogP contribution in [0.3, 0.4) is 0 Å². The number of thiophene rings is 1. The summed E-state index contributed by atoms with van der Waals surface area (Å²) in [6.07, 6.45) is 1.77. The van der Waals surface area contributed by atoms with Crippen LogP contribution in [0.25, 0.3) is 16.4 Å². The summed E-state index contributed by atoms with van der Waals surface area (Å²) in [6, 6.07) is 17.5. The number of rotatable bonds is 6. The van der Waals surface area contributed by atoms with Gasteiger partial charge in [-0.3, -0.25) is 4.79 Å². The molecule has 32 heavy (non-hydrogen) atoms. The van der Waals surface area contributed by atoms with E-state index in [9.17, 15) is 4.79 Å².